The van der Waals surface area contributed by atoms with Gasteiger partial charge in [-0.3, -0.25) is 0 Å². The second-order valence-electron chi connectivity index (χ2n) is 6.65. The van der Waals surface area contributed by atoms with Crippen molar-refractivity contribution in [2.75, 3.05) is 13.2 Å². The normalized spacial score (nSPS) is 36.3. The van der Waals surface area contributed by atoms with E-state index in [0.717, 1.165) is 12.6 Å². The van der Waals surface area contributed by atoms with Crippen LogP contribution < -0.4 is 10.6 Å². The summed E-state index contributed by atoms with van der Waals surface area (Å²) in [6.45, 7) is 11.1. The summed E-state index contributed by atoms with van der Waals surface area (Å²) >= 11 is 0. The Morgan fingerprint density at radius 1 is 1.44 bits per heavy atom. The number of ether oxygens (including phenoxy) is 1. The van der Waals surface area contributed by atoms with Crippen molar-refractivity contribution in [3.63, 3.8) is 0 Å². The molecule has 0 spiro atoms. The molecule has 106 valence electrons. The second-order valence-corrected chi connectivity index (χ2v) is 6.65. The minimum Gasteiger partial charge on any atom is -0.378 e. The lowest BCUT2D eigenvalue weighted by molar-refractivity contribution is -0.116. The molecular weight excluding hydrogens is 224 g/mol. The lowest BCUT2D eigenvalue weighted by Gasteiger charge is -2.52. The lowest BCUT2D eigenvalue weighted by atomic mass is 9.64. The van der Waals surface area contributed by atoms with Crippen LogP contribution in [-0.2, 0) is 4.74 Å². The summed E-state index contributed by atoms with van der Waals surface area (Å²) in [7, 11) is 0. The molecule has 2 aliphatic rings. The first-order valence-corrected chi connectivity index (χ1v) is 7.65. The molecule has 0 aromatic rings. The Bertz CT molecular complexity index is 261. The largest absolute Gasteiger partial charge is 0.378 e. The van der Waals surface area contributed by atoms with Gasteiger partial charge in [0.2, 0.25) is 0 Å². The SMILES string of the molecule is CCOC1CC(NC(C)CC2CCCN2)C1(C)C. The third-order valence-electron chi connectivity index (χ3n) is 4.83. The quantitative estimate of drug-likeness (QED) is 0.763. The molecule has 0 aromatic carbocycles. The molecule has 2 N–H and O–H groups in total. The Balaban J connectivity index is 1.73. The average Bonchev–Trinajstić information content (AvgIpc) is 2.80. The molecule has 4 unspecified atom stereocenters. The molecule has 4 atom stereocenters. The van der Waals surface area contributed by atoms with Crippen LogP contribution in [0.5, 0.6) is 0 Å². The van der Waals surface area contributed by atoms with Gasteiger partial charge in [-0.15, -0.1) is 0 Å². The highest BCUT2D eigenvalue weighted by molar-refractivity contribution is 5.03. The van der Waals surface area contributed by atoms with Crippen LogP contribution in [0, 0.1) is 5.41 Å². The summed E-state index contributed by atoms with van der Waals surface area (Å²) in [5, 5.41) is 7.38. The summed E-state index contributed by atoms with van der Waals surface area (Å²) in [5.41, 5.74) is 0.285. The van der Waals surface area contributed by atoms with E-state index in [1.54, 1.807) is 0 Å². The first-order chi connectivity index (χ1) is 8.54. The molecule has 2 fully saturated rings. The van der Waals surface area contributed by atoms with Gasteiger partial charge >= 0.3 is 0 Å². The molecule has 1 saturated carbocycles. The molecule has 3 nitrogen and oxygen atoms in total. The molecule has 18 heavy (non-hydrogen) atoms. The van der Waals surface area contributed by atoms with Crippen LogP contribution in [0.1, 0.15) is 53.4 Å². The maximum absolute atomic E-state index is 5.79. The first kappa shape index (κ1) is 14.3. The van der Waals surface area contributed by atoms with Crippen molar-refractivity contribution in [1.82, 2.24) is 10.6 Å². The minimum absolute atomic E-state index is 0.285. The summed E-state index contributed by atoms with van der Waals surface area (Å²) in [6.07, 6.45) is 5.56. The second kappa shape index (κ2) is 5.89. The zero-order chi connectivity index (χ0) is 13.2. The zero-order valence-electron chi connectivity index (χ0n) is 12.5. The van der Waals surface area contributed by atoms with E-state index in [2.05, 4.69) is 38.3 Å². The van der Waals surface area contributed by atoms with Crippen LogP contribution in [-0.4, -0.2) is 37.4 Å². The minimum atomic E-state index is 0.285. The van der Waals surface area contributed by atoms with E-state index in [1.165, 1.54) is 32.2 Å². The standard InChI is InChI=1S/C15H30N2O/c1-5-18-14-10-13(15(14,3)4)17-11(2)9-12-7-6-8-16-12/h11-14,16-17H,5-10H2,1-4H3. The van der Waals surface area contributed by atoms with Crippen molar-refractivity contribution in [2.24, 2.45) is 5.41 Å². The predicted molar refractivity (Wildman–Crippen MR) is 75.8 cm³/mol. The molecule has 0 radical (unpaired) electrons. The van der Waals surface area contributed by atoms with E-state index in [0.29, 0.717) is 18.2 Å². The van der Waals surface area contributed by atoms with Crippen molar-refractivity contribution in [3.8, 4) is 0 Å². The fourth-order valence-corrected chi connectivity index (χ4v) is 3.45. The highest BCUT2D eigenvalue weighted by Gasteiger charge is 2.49. The summed E-state index contributed by atoms with van der Waals surface area (Å²) < 4.78 is 5.79. The number of rotatable bonds is 6. The maximum atomic E-state index is 5.79. The molecule has 1 heterocycles. The highest BCUT2D eigenvalue weighted by atomic mass is 16.5. The van der Waals surface area contributed by atoms with Crippen molar-refractivity contribution < 1.29 is 4.74 Å². The molecule has 0 amide bonds. The Labute approximate surface area is 112 Å². The Kier molecular flexibility index (Phi) is 4.68. The van der Waals surface area contributed by atoms with Gasteiger partial charge in [0.05, 0.1) is 6.10 Å². The average molecular weight is 254 g/mol. The van der Waals surface area contributed by atoms with E-state index in [-0.39, 0.29) is 5.41 Å². The fourth-order valence-electron chi connectivity index (χ4n) is 3.45. The van der Waals surface area contributed by atoms with E-state index >= 15 is 0 Å². The highest BCUT2D eigenvalue weighted by Crippen LogP contribution is 2.43. The van der Waals surface area contributed by atoms with Crippen molar-refractivity contribution in [3.05, 3.63) is 0 Å². The van der Waals surface area contributed by atoms with Gasteiger partial charge < -0.3 is 15.4 Å². The van der Waals surface area contributed by atoms with Gasteiger partial charge in [0.1, 0.15) is 0 Å². The van der Waals surface area contributed by atoms with Crippen molar-refractivity contribution in [2.45, 2.75) is 77.6 Å². The zero-order valence-corrected chi connectivity index (χ0v) is 12.5. The van der Waals surface area contributed by atoms with Gasteiger partial charge in [0.15, 0.2) is 0 Å². The summed E-state index contributed by atoms with van der Waals surface area (Å²) in [5.74, 6) is 0. The monoisotopic (exact) mass is 254 g/mol. The molecule has 1 saturated heterocycles. The molecule has 2 rings (SSSR count). The Hall–Kier alpha value is -0.120. The predicted octanol–water partition coefficient (Wildman–Crippen LogP) is 2.31. The number of nitrogens with one attached hydrogen (secondary N) is 2. The van der Waals surface area contributed by atoms with Crippen LogP contribution >= 0.6 is 0 Å². The summed E-state index contributed by atoms with van der Waals surface area (Å²) in [6, 6.07) is 1.95. The topological polar surface area (TPSA) is 33.3 Å². The van der Waals surface area contributed by atoms with E-state index in [1.807, 2.05) is 0 Å². The first-order valence-electron chi connectivity index (χ1n) is 7.65. The third kappa shape index (κ3) is 3.06. The Morgan fingerprint density at radius 3 is 2.78 bits per heavy atom. The van der Waals surface area contributed by atoms with Crippen LogP contribution in [0.3, 0.4) is 0 Å². The fraction of sp³-hybridized carbons (Fsp3) is 1.00. The molecule has 1 aliphatic carbocycles. The van der Waals surface area contributed by atoms with E-state index < -0.39 is 0 Å². The van der Waals surface area contributed by atoms with Gasteiger partial charge in [-0.05, 0) is 46.1 Å². The molecule has 1 aliphatic heterocycles. The van der Waals surface area contributed by atoms with Crippen molar-refractivity contribution >= 4 is 0 Å². The van der Waals surface area contributed by atoms with Gasteiger partial charge in [-0.2, -0.15) is 0 Å². The molecular formula is C15H30N2O. The van der Waals surface area contributed by atoms with Crippen LogP contribution in [0.2, 0.25) is 0 Å². The number of hydrogen-bond donors (Lipinski definition) is 2. The van der Waals surface area contributed by atoms with Gasteiger partial charge in [0.25, 0.3) is 0 Å². The van der Waals surface area contributed by atoms with Crippen LogP contribution in [0.4, 0.5) is 0 Å². The van der Waals surface area contributed by atoms with Crippen molar-refractivity contribution in [1.29, 1.82) is 0 Å². The molecule has 3 heteroatoms. The van der Waals surface area contributed by atoms with Crippen LogP contribution in [0.25, 0.3) is 0 Å². The van der Waals surface area contributed by atoms with E-state index in [4.69, 9.17) is 4.74 Å². The van der Waals surface area contributed by atoms with Gasteiger partial charge in [0, 0.05) is 30.1 Å². The third-order valence-corrected chi connectivity index (χ3v) is 4.83. The maximum Gasteiger partial charge on any atom is 0.0655 e. The van der Waals surface area contributed by atoms with Crippen LogP contribution in [0.15, 0.2) is 0 Å². The molecule has 0 aromatic heterocycles. The smallest absolute Gasteiger partial charge is 0.0655 e. The Morgan fingerprint density at radius 2 is 2.22 bits per heavy atom. The number of hydrogen-bond acceptors (Lipinski definition) is 3. The molecule has 0 bridgehead atoms. The van der Waals surface area contributed by atoms with Gasteiger partial charge in [-0.25, -0.2) is 0 Å². The summed E-state index contributed by atoms with van der Waals surface area (Å²) in [4.78, 5) is 0. The van der Waals surface area contributed by atoms with E-state index in [9.17, 15) is 0 Å². The van der Waals surface area contributed by atoms with Gasteiger partial charge in [-0.1, -0.05) is 13.8 Å². The lowest BCUT2D eigenvalue weighted by Crippen LogP contribution is -2.62.